The standard InChI is InChI=1S/C27H20N4S/c32-27(28-21-14-8-3-9-15-21)29-22-16-17-23-24(18-22)31-26(20-12-6-2-7-13-20)25(30-23)19-10-4-1-5-11-19/h1-18H,(H2,28,29,32). The van der Waals surface area contributed by atoms with E-state index in [-0.39, 0.29) is 0 Å². The number of hydrogen-bond acceptors (Lipinski definition) is 3. The zero-order valence-electron chi connectivity index (χ0n) is 17.2. The fraction of sp³-hybridized carbons (Fsp3) is 0. The van der Waals surface area contributed by atoms with E-state index in [9.17, 15) is 0 Å². The van der Waals surface area contributed by atoms with Crippen molar-refractivity contribution >= 4 is 39.7 Å². The summed E-state index contributed by atoms with van der Waals surface area (Å²) in [6, 6.07) is 36.1. The van der Waals surface area contributed by atoms with E-state index in [1.54, 1.807) is 0 Å². The van der Waals surface area contributed by atoms with E-state index in [2.05, 4.69) is 34.9 Å². The lowest BCUT2D eigenvalue weighted by Gasteiger charge is -2.13. The highest BCUT2D eigenvalue weighted by molar-refractivity contribution is 7.80. The maximum Gasteiger partial charge on any atom is 0.175 e. The van der Waals surface area contributed by atoms with Gasteiger partial charge in [0.05, 0.1) is 22.4 Å². The molecule has 2 N–H and O–H groups in total. The highest BCUT2D eigenvalue weighted by Gasteiger charge is 2.13. The van der Waals surface area contributed by atoms with Crippen LogP contribution in [0.3, 0.4) is 0 Å². The molecule has 0 atom stereocenters. The molecule has 1 aromatic heterocycles. The van der Waals surface area contributed by atoms with E-state index >= 15 is 0 Å². The molecular formula is C27H20N4S. The van der Waals surface area contributed by atoms with Gasteiger partial charge in [0.2, 0.25) is 0 Å². The number of hydrogen-bond donors (Lipinski definition) is 2. The topological polar surface area (TPSA) is 49.8 Å². The molecule has 0 saturated carbocycles. The molecule has 0 aliphatic heterocycles. The summed E-state index contributed by atoms with van der Waals surface area (Å²) < 4.78 is 0. The molecule has 0 fully saturated rings. The molecule has 1 heterocycles. The number of nitrogens with one attached hydrogen (secondary N) is 2. The summed E-state index contributed by atoms with van der Waals surface area (Å²) >= 11 is 5.47. The highest BCUT2D eigenvalue weighted by atomic mass is 32.1. The molecule has 4 nitrogen and oxygen atoms in total. The zero-order valence-corrected chi connectivity index (χ0v) is 18.0. The molecular weight excluding hydrogens is 412 g/mol. The van der Waals surface area contributed by atoms with E-state index in [1.165, 1.54) is 0 Å². The van der Waals surface area contributed by atoms with Gasteiger partial charge in [-0.05, 0) is 42.5 Å². The van der Waals surface area contributed by atoms with Gasteiger partial charge in [-0.1, -0.05) is 78.9 Å². The van der Waals surface area contributed by atoms with Crippen LogP contribution in [0.4, 0.5) is 11.4 Å². The Kier molecular flexibility index (Phi) is 5.56. The summed E-state index contributed by atoms with van der Waals surface area (Å²) in [6.07, 6.45) is 0. The molecule has 0 spiro atoms. The Balaban J connectivity index is 1.52. The summed E-state index contributed by atoms with van der Waals surface area (Å²) in [5.41, 5.74) is 7.21. The van der Waals surface area contributed by atoms with Gasteiger partial charge < -0.3 is 10.6 Å². The normalized spacial score (nSPS) is 10.6. The van der Waals surface area contributed by atoms with Gasteiger partial charge in [-0.3, -0.25) is 0 Å². The number of para-hydroxylation sites is 1. The maximum absolute atomic E-state index is 5.47. The number of fused-ring (bicyclic) bond motifs is 1. The Labute approximate surface area is 192 Å². The molecule has 0 unspecified atom stereocenters. The second kappa shape index (κ2) is 8.96. The second-order valence-electron chi connectivity index (χ2n) is 7.30. The molecule has 5 aromatic rings. The molecule has 5 heteroatoms. The van der Waals surface area contributed by atoms with Crippen molar-refractivity contribution in [2.24, 2.45) is 0 Å². The first-order chi connectivity index (χ1) is 15.8. The lowest BCUT2D eigenvalue weighted by molar-refractivity contribution is 1.29. The highest BCUT2D eigenvalue weighted by Crippen LogP contribution is 2.31. The zero-order chi connectivity index (χ0) is 21.8. The Morgan fingerprint density at radius 2 is 1.03 bits per heavy atom. The van der Waals surface area contributed by atoms with Gasteiger partial charge in [-0.15, -0.1) is 0 Å². The minimum Gasteiger partial charge on any atom is -0.332 e. The van der Waals surface area contributed by atoms with Gasteiger partial charge >= 0.3 is 0 Å². The van der Waals surface area contributed by atoms with E-state index in [4.69, 9.17) is 22.2 Å². The van der Waals surface area contributed by atoms with Crippen molar-refractivity contribution in [3.8, 4) is 22.5 Å². The van der Waals surface area contributed by atoms with Crippen LogP contribution in [0.5, 0.6) is 0 Å². The van der Waals surface area contributed by atoms with Crippen molar-refractivity contribution in [2.45, 2.75) is 0 Å². The van der Waals surface area contributed by atoms with Crippen LogP contribution in [-0.4, -0.2) is 15.1 Å². The lowest BCUT2D eigenvalue weighted by atomic mass is 10.0. The molecule has 0 bridgehead atoms. The average molecular weight is 433 g/mol. The summed E-state index contributed by atoms with van der Waals surface area (Å²) in [5, 5.41) is 6.95. The molecule has 154 valence electrons. The summed E-state index contributed by atoms with van der Waals surface area (Å²) in [7, 11) is 0. The first kappa shape index (κ1) is 19.8. The SMILES string of the molecule is S=C(Nc1ccccc1)Nc1ccc2nc(-c3ccccc3)c(-c3ccccc3)nc2c1. The van der Waals surface area contributed by atoms with Crippen LogP contribution in [0, 0.1) is 0 Å². The van der Waals surface area contributed by atoms with E-state index in [0.717, 1.165) is 44.9 Å². The van der Waals surface area contributed by atoms with Gasteiger partial charge in [-0.25, -0.2) is 9.97 Å². The Bertz CT molecular complexity index is 1370. The third-order valence-corrected chi connectivity index (χ3v) is 5.25. The maximum atomic E-state index is 5.47. The van der Waals surface area contributed by atoms with Gasteiger partial charge in [0, 0.05) is 22.5 Å². The lowest BCUT2D eigenvalue weighted by Crippen LogP contribution is -2.18. The third-order valence-electron chi connectivity index (χ3n) is 5.05. The average Bonchev–Trinajstić information content (AvgIpc) is 2.85. The molecule has 32 heavy (non-hydrogen) atoms. The van der Waals surface area contributed by atoms with Gasteiger partial charge in [0.25, 0.3) is 0 Å². The van der Waals surface area contributed by atoms with Crippen molar-refractivity contribution in [1.29, 1.82) is 0 Å². The molecule has 0 aliphatic rings. The van der Waals surface area contributed by atoms with Crippen LogP contribution in [-0.2, 0) is 0 Å². The number of rotatable bonds is 4. The first-order valence-electron chi connectivity index (χ1n) is 10.3. The molecule has 5 rings (SSSR count). The van der Waals surface area contributed by atoms with E-state index in [1.807, 2.05) is 84.9 Å². The van der Waals surface area contributed by atoms with Crippen LogP contribution in [0.15, 0.2) is 109 Å². The van der Waals surface area contributed by atoms with Crippen molar-refractivity contribution in [1.82, 2.24) is 9.97 Å². The molecule has 0 amide bonds. The molecule has 0 radical (unpaired) electrons. The number of thiocarbonyl (C=S) groups is 1. The first-order valence-corrected chi connectivity index (χ1v) is 10.7. The van der Waals surface area contributed by atoms with Gasteiger partial charge in [0.15, 0.2) is 5.11 Å². The third kappa shape index (κ3) is 4.33. The van der Waals surface area contributed by atoms with Gasteiger partial charge in [0.1, 0.15) is 0 Å². The second-order valence-corrected chi connectivity index (χ2v) is 7.71. The predicted octanol–water partition coefficient (Wildman–Crippen LogP) is 6.77. The largest absolute Gasteiger partial charge is 0.332 e. The van der Waals surface area contributed by atoms with E-state index in [0.29, 0.717) is 5.11 Å². The Hall–Kier alpha value is -4.09. The number of aromatic nitrogens is 2. The number of benzene rings is 4. The molecule has 0 saturated heterocycles. The quantitative estimate of drug-likeness (QED) is 0.307. The minimum absolute atomic E-state index is 0.521. The number of anilines is 2. The molecule has 0 aliphatic carbocycles. The van der Waals surface area contributed by atoms with Crippen molar-refractivity contribution in [3.05, 3.63) is 109 Å². The molecule has 4 aromatic carbocycles. The Morgan fingerprint density at radius 1 is 0.531 bits per heavy atom. The van der Waals surface area contributed by atoms with Crippen LogP contribution in [0.25, 0.3) is 33.5 Å². The van der Waals surface area contributed by atoms with E-state index < -0.39 is 0 Å². The van der Waals surface area contributed by atoms with Crippen LogP contribution >= 0.6 is 12.2 Å². The minimum atomic E-state index is 0.521. The monoisotopic (exact) mass is 432 g/mol. The predicted molar refractivity (Wildman–Crippen MR) is 137 cm³/mol. The summed E-state index contributed by atoms with van der Waals surface area (Å²) in [4.78, 5) is 9.98. The fourth-order valence-corrected chi connectivity index (χ4v) is 3.78. The van der Waals surface area contributed by atoms with Crippen molar-refractivity contribution in [2.75, 3.05) is 10.6 Å². The summed E-state index contributed by atoms with van der Waals surface area (Å²) in [6.45, 7) is 0. The summed E-state index contributed by atoms with van der Waals surface area (Å²) in [5.74, 6) is 0. The smallest absolute Gasteiger partial charge is 0.175 e. The van der Waals surface area contributed by atoms with Gasteiger partial charge in [-0.2, -0.15) is 0 Å². The van der Waals surface area contributed by atoms with Crippen LogP contribution < -0.4 is 10.6 Å². The van der Waals surface area contributed by atoms with Crippen LogP contribution in [0.1, 0.15) is 0 Å². The van der Waals surface area contributed by atoms with Crippen LogP contribution in [0.2, 0.25) is 0 Å². The van der Waals surface area contributed by atoms with Crippen molar-refractivity contribution in [3.63, 3.8) is 0 Å². The van der Waals surface area contributed by atoms with Crippen molar-refractivity contribution < 1.29 is 0 Å². The number of nitrogens with zero attached hydrogens (tertiary/aromatic N) is 2. The Morgan fingerprint density at radius 3 is 1.62 bits per heavy atom. The fourth-order valence-electron chi connectivity index (χ4n) is 3.54.